The number of hydrogen-bond acceptors (Lipinski definition) is 15. The average molecular weight is 861 g/mol. The zero-order chi connectivity index (χ0) is 43.3. The van der Waals surface area contributed by atoms with E-state index in [1.165, 1.54) is 33.8 Å². The summed E-state index contributed by atoms with van der Waals surface area (Å²) in [7, 11) is -7.43. The molecular formula is C39H64N4O13S2. The molecule has 330 valence electrons. The fourth-order valence-electron chi connectivity index (χ4n) is 6.50. The molecule has 3 atom stereocenters. The van der Waals surface area contributed by atoms with Crippen LogP contribution in [-0.4, -0.2) is 116 Å². The van der Waals surface area contributed by atoms with Crippen LogP contribution in [0.5, 0.6) is 0 Å². The summed E-state index contributed by atoms with van der Waals surface area (Å²) in [5.74, 6) is -1.17. The SMILES string of the molecule is CC(OC1CCCCO1)C(C)(C)c1cc(NC(=O)C(C)(C)S(=O)(=O)C2CCOCC2)on1.C[C@H](O)C(C)(C)c1cc(NC(=O)C(C)(C)S(=O)(=O)C2CCOCC2)on1. The first-order chi connectivity index (χ1) is 26.9. The molecule has 2 aromatic rings. The Morgan fingerprint density at radius 1 is 0.690 bits per heavy atom. The van der Waals surface area contributed by atoms with Crippen molar-refractivity contribution in [1.29, 1.82) is 0 Å². The summed E-state index contributed by atoms with van der Waals surface area (Å²) in [6.45, 7) is 19.0. The third-order valence-electron chi connectivity index (χ3n) is 12.1. The Morgan fingerprint density at radius 2 is 1.10 bits per heavy atom. The lowest BCUT2D eigenvalue weighted by molar-refractivity contribution is -0.196. The molecule has 0 aromatic carbocycles. The van der Waals surface area contributed by atoms with Crippen molar-refractivity contribution in [3.05, 3.63) is 23.5 Å². The Kier molecular flexibility index (Phi) is 15.4. The molecule has 58 heavy (non-hydrogen) atoms. The van der Waals surface area contributed by atoms with Crippen LogP contribution in [0.4, 0.5) is 11.8 Å². The van der Waals surface area contributed by atoms with Crippen LogP contribution in [0.1, 0.15) is 126 Å². The van der Waals surface area contributed by atoms with Gasteiger partial charge in [-0.25, -0.2) is 16.8 Å². The van der Waals surface area contributed by atoms with E-state index < -0.39 is 68.4 Å². The van der Waals surface area contributed by atoms with Gasteiger partial charge in [0.2, 0.25) is 23.6 Å². The van der Waals surface area contributed by atoms with E-state index in [0.717, 1.165) is 19.3 Å². The van der Waals surface area contributed by atoms with E-state index in [9.17, 15) is 31.5 Å². The maximum atomic E-state index is 13.1. The number of carbonyl (C=O) groups is 2. The van der Waals surface area contributed by atoms with E-state index in [4.69, 9.17) is 28.0 Å². The monoisotopic (exact) mass is 860 g/mol. The molecule has 3 fully saturated rings. The number of aliphatic hydroxyl groups excluding tert-OH is 1. The van der Waals surface area contributed by atoms with Gasteiger partial charge in [-0.1, -0.05) is 38.0 Å². The second kappa shape index (κ2) is 18.8. The molecule has 2 amide bonds. The smallest absolute Gasteiger partial charge is 0.247 e. The fraction of sp³-hybridized carbons (Fsp3) is 0.795. The van der Waals surface area contributed by atoms with Gasteiger partial charge in [-0.15, -0.1) is 0 Å². The Hall–Kier alpha value is -2.94. The molecule has 0 radical (unpaired) electrons. The second-order valence-corrected chi connectivity index (χ2v) is 23.0. The Labute approximate surface area is 342 Å². The van der Waals surface area contributed by atoms with Crippen LogP contribution in [0.15, 0.2) is 21.2 Å². The molecule has 0 spiro atoms. The molecular weight excluding hydrogens is 797 g/mol. The van der Waals surface area contributed by atoms with Crippen LogP contribution < -0.4 is 10.6 Å². The molecule has 3 saturated heterocycles. The highest BCUT2D eigenvalue weighted by Gasteiger charge is 2.48. The number of hydrogen-bond donors (Lipinski definition) is 3. The Bertz CT molecular complexity index is 1900. The van der Waals surface area contributed by atoms with Crippen LogP contribution in [0.2, 0.25) is 0 Å². The fourth-order valence-corrected chi connectivity index (χ4v) is 10.4. The van der Waals surface area contributed by atoms with Crippen molar-refractivity contribution in [1.82, 2.24) is 10.3 Å². The highest BCUT2D eigenvalue weighted by Crippen LogP contribution is 2.34. The van der Waals surface area contributed by atoms with Crippen LogP contribution in [0, 0.1) is 0 Å². The minimum absolute atomic E-state index is 0.0500. The largest absolute Gasteiger partial charge is 0.392 e. The number of nitrogens with one attached hydrogen (secondary N) is 2. The van der Waals surface area contributed by atoms with E-state index in [1.54, 1.807) is 26.8 Å². The van der Waals surface area contributed by atoms with Gasteiger partial charge in [-0.2, -0.15) is 0 Å². The summed E-state index contributed by atoms with van der Waals surface area (Å²) < 4.78 is 81.4. The summed E-state index contributed by atoms with van der Waals surface area (Å²) in [4.78, 5) is 25.6. The molecule has 3 aliphatic rings. The van der Waals surface area contributed by atoms with Crippen molar-refractivity contribution < 1.29 is 59.5 Å². The first kappa shape index (κ1) is 47.7. The molecule has 19 heteroatoms. The van der Waals surface area contributed by atoms with Crippen molar-refractivity contribution in [2.24, 2.45) is 0 Å². The van der Waals surface area contributed by atoms with E-state index >= 15 is 0 Å². The summed E-state index contributed by atoms with van der Waals surface area (Å²) >= 11 is 0. The average Bonchev–Trinajstić information content (AvgIpc) is 3.87. The summed E-state index contributed by atoms with van der Waals surface area (Å²) in [5, 5.41) is 21.7. The number of ether oxygens (including phenoxy) is 4. The van der Waals surface area contributed by atoms with Gasteiger partial charge in [0.15, 0.2) is 26.0 Å². The van der Waals surface area contributed by atoms with E-state index in [-0.39, 0.29) is 24.2 Å². The number of rotatable bonds is 14. The van der Waals surface area contributed by atoms with Gasteiger partial charge in [0.05, 0.1) is 34.1 Å². The quantitative estimate of drug-likeness (QED) is 0.231. The van der Waals surface area contributed by atoms with Crippen LogP contribution >= 0.6 is 0 Å². The molecule has 2 unspecified atom stereocenters. The van der Waals surface area contributed by atoms with Crippen molar-refractivity contribution in [2.45, 2.75) is 164 Å². The van der Waals surface area contributed by atoms with Crippen molar-refractivity contribution in [3.63, 3.8) is 0 Å². The van der Waals surface area contributed by atoms with Crippen molar-refractivity contribution in [3.8, 4) is 0 Å². The topological polar surface area (TPSA) is 236 Å². The van der Waals surface area contributed by atoms with Crippen LogP contribution in [0.25, 0.3) is 0 Å². The molecule has 0 aliphatic carbocycles. The number of anilines is 2. The summed E-state index contributed by atoms with van der Waals surface area (Å²) in [5.41, 5.74) is -0.123. The van der Waals surface area contributed by atoms with Gasteiger partial charge in [0.25, 0.3) is 0 Å². The van der Waals surface area contributed by atoms with E-state index in [1.807, 2.05) is 20.8 Å². The van der Waals surface area contributed by atoms with Gasteiger partial charge < -0.3 is 33.1 Å². The number of amides is 2. The first-order valence-corrected chi connectivity index (χ1v) is 23.1. The third-order valence-corrected chi connectivity index (χ3v) is 18.0. The highest BCUT2D eigenvalue weighted by molar-refractivity contribution is 7.94. The third kappa shape index (κ3) is 10.5. The second-order valence-electron chi connectivity index (χ2n) is 17.5. The summed E-state index contributed by atoms with van der Waals surface area (Å²) in [6.07, 6.45) is 3.39. The zero-order valence-corrected chi connectivity index (χ0v) is 37.2. The van der Waals surface area contributed by atoms with E-state index in [0.29, 0.717) is 70.1 Å². The summed E-state index contributed by atoms with van der Waals surface area (Å²) in [6, 6.07) is 3.12. The number of aromatic nitrogens is 2. The predicted octanol–water partition coefficient (Wildman–Crippen LogP) is 4.84. The van der Waals surface area contributed by atoms with Crippen LogP contribution in [-0.2, 0) is 59.0 Å². The van der Waals surface area contributed by atoms with E-state index in [2.05, 4.69) is 20.9 Å². The van der Waals surface area contributed by atoms with Gasteiger partial charge in [0.1, 0.15) is 9.49 Å². The van der Waals surface area contributed by atoms with Gasteiger partial charge in [-0.3, -0.25) is 20.2 Å². The minimum Gasteiger partial charge on any atom is -0.392 e. The lowest BCUT2D eigenvalue weighted by atomic mass is 9.84. The molecule has 2 aromatic heterocycles. The van der Waals surface area contributed by atoms with Gasteiger partial charge in [0, 0.05) is 56.0 Å². The number of nitrogens with zero attached hydrogens (tertiary/aromatic N) is 2. The Balaban J connectivity index is 0.000000262. The minimum atomic E-state index is -3.72. The maximum absolute atomic E-state index is 13.1. The number of carbonyl (C=O) groups excluding carboxylic acids is 2. The number of sulfone groups is 2. The molecule has 17 nitrogen and oxygen atoms in total. The maximum Gasteiger partial charge on any atom is 0.247 e. The molecule has 0 saturated carbocycles. The highest BCUT2D eigenvalue weighted by atomic mass is 32.2. The van der Waals surface area contributed by atoms with Gasteiger partial charge >= 0.3 is 0 Å². The lowest BCUT2D eigenvalue weighted by Gasteiger charge is -2.34. The molecule has 3 N–H and O–H groups in total. The van der Waals surface area contributed by atoms with Crippen LogP contribution in [0.3, 0.4) is 0 Å². The van der Waals surface area contributed by atoms with Crippen molar-refractivity contribution in [2.75, 3.05) is 43.7 Å². The molecule has 3 aliphatic heterocycles. The number of aliphatic hydroxyl groups is 1. The van der Waals surface area contributed by atoms with Gasteiger partial charge in [-0.05, 0) is 86.5 Å². The lowest BCUT2D eigenvalue weighted by Crippen LogP contribution is -2.50. The Morgan fingerprint density at radius 3 is 1.48 bits per heavy atom. The molecule has 5 heterocycles. The predicted molar refractivity (Wildman–Crippen MR) is 216 cm³/mol. The zero-order valence-electron chi connectivity index (χ0n) is 35.6. The van der Waals surface area contributed by atoms with Crippen molar-refractivity contribution >= 4 is 43.3 Å². The first-order valence-electron chi connectivity index (χ1n) is 20.0. The normalized spacial score (nSPS) is 20.7. The molecule has 0 bridgehead atoms. The standard InChI is InChI=1S/C22H36N2O7S.C17H28N2O6S/c1-15(30-19-8-6-7-11-29-19)21(2,3)17-14-18(31-24-17)23-20(25)22(4,5)32(26,27)16-9-12-28-13-10-16;1-11(20)16(2,3)13-10-14(25-19-13)18-15(21)17(4,5)26(22,23)12-6-8-24-9-7-12/h14-16,19H,6-13H2,1-5H3,(H,23,25);10-12,20H,6-9H2,1-5H3,(H,18,21)/t;11-/m.0/s1. The molecule has 5 rings (SSSR count).